The van der Waals surface area contributed by atoms with Crippen LogP contribution in [-0.4, -0.2) is 34.2 Å². The Balaban J connectivity index is 1.64. The molecule has 2 aromatic carbocycles. The maximum Gasteiger partial charge on any atom is 0.269 e. The number of hydrogen-bond donors (Lipinski definition) is 2. The molecule has 2 amide bonds. The second-order valence-corrected chi connectivity index (χ2v) is 8.22. The Morgan fingerprint density at radius 3 is 2.39 bits per heavy atom. The number of hydrogen-bond acceptors (Lipinski definition) is 6. The van der Waals surface area contributed by atoms with Gasteiger partial charge in [-0.15, -0.1) is 0 Å². The molecule has 8 nitrogen and oxygen atoms in total. The fourth-order valence-corrected chi connectivity index (χ4v) is 4.15. The average molecular weight is 441 g/mol. The molecule has 0 heterocycles. The molecule has 1 unspecified atom stereocenters. The Hall–Kier alpha value is -3.20. The number of rotatable bonds is 9. The van der Waals surface area contributed by atoms with Gasteiger partial charge in [0.15, 0.2) is 0 Å². The molecule has 1 aliphatic carbocycles. The average Bonchev–Trinajstić information content (AvgIpc) is 3.31. The number of carbonyl (C=O) groups excluding carboxylic acids is 2. The van der Waals surface area contributed by atoms with Gasteiger partial charge in [-0.3, -0.25) is 19.7 Å². The van der Waals surface area contributed by atoms with E-state index < -0.39 is 16.9 Å². The lowest BCUT2D eigenvalue weighted by Gasteiger charge is -2.17. The summed E-state index contributed by atoms with van der Waals surface area (Å²) in [6, 6.07) is 14.3. The standard InChI is InChI=1S/C22H24N4O4S/c27-21(17-10-12-19(13-11-17)26(29)30)23-20(15-31-14-16-6-2-1-3-7-16)22(28)25-24-18-8-4-5-9-18/h1-3,6-7,10-13,20H,4-5,8-9,14-15H2,(H,23,27)(H,25,28). The maximum absolute atomic E-state index is 12.7. The van der Waals surface area contributed by atoms with E-state index >= 15 is 0 Å². The van der Waals surface area contributed by atoms with Crippen molar-refractivity contribution < 1.29 is 14.5 Å². The lowest BCUT2D eigenvalue weighted by molar-refractivity contribution is -0.384. The summed E-state index contributed by atoms with van der Waals surface area (Å²) in [4.78, 5) is 35.6. The number of hydrazone groups is 1. The Morgan fingerprint density at radius 1 is 1.06 bits per heavy atom. The number of thioether (sulfide) groups is 1. The molecule has 0 spiro atoms. The first-order valence-corrected chi connectivity index (χ1v) is 11.2. The zero-order chi connectivity index (χ0) is 22.1. The first-order valence-electron chi connectivity index (χ1n) is 10.0. The van der Waals surface area contributed by atoms with Crippen molar-refractivity contribution in [2.24, 2.45) is 5.10 Å². The highest BCUT2D eigenvalue weighted by molar-refractivity contribution is 7.98. The summed E-state index contributed by atoms with van der Waals surface area (Å²) in [5.74, 6) is 0.218. The second-order valence-electron chi connectivity index (χ2n) is 7.19. The van der Waals surface area contributed by atoms with Crippen LogP contribution in [0.25, 0.3) is 0 Å². The van der Waals surface area contributed by atoms with E-state index in [0.717, 1.165) is 37.0 Å². The van der Waals surface area contributed by atoms with Gasteiger partial charge in [-0.1, -0.05) is 30.3 Å². The summed E-state index contributed by atoms with van der Waals surface area (Å²) in [5.41, 5.74) is 4.82. The lowest BCUT2D eigenvalue weighted by atomic mass is 10.2. The third-order valence-corrected chi connectivity index (χ3v) is 5.97. The number of non-ortho nitro benzene ring substituents is 1. The van der Waals surface area contributed by atoms with Crippen LogP contribution in [0.4, 0.5) is 5.69 Å². The van der Waals surface area contributed by atoms with Gasteiger partial charge in [0.25, 0.3) is 17.5 Å². The minimum atomic E-state index is -0.790. The summed E-state index contributed by atoms with van der Waals surface area (Å²) in [6.45, 7) is 0. The zero-order valence-corrected chi connectivity index (χ0v) is 17.8. The van der Waals surface area contributed by atoms with Crippen LogP contribution < -0.4 is 10.7 Å². The van der Waals surface area contributed by atoms with Crippen molar-refractivity contribution in [3.63, 3.8) is 0 Å². The Kier molecular flexibility index (Phi) is 8.17. The molecule has 1 fully saturated rings. The van der Waals surface area contributed by atoms with Crippen molar-refractivity contribution in [1.29, 1.82) is 0 Å². The van der Waals surface area contributed by atoms with E-state index in [1.165, 1.54) is 36.0 Å². The fraction of sp³-hybridized carbons (Fsp3) is 0.318. The van der Waals surface area contributed by atoms with Crippen molar-refractivity contribution in [3.8, 4) is 0 Å². The van der Waals surface area contributed by atoms with Crippen LogP contribution in [0.3, 0.4) is 0 Å². The third kappa shape index (κ3) is 6.92. The van der Waals surface area contributed by atoms with Crippen LogP contribution in [0.5, 0.6) is 0 Å². The molecule has 0 saturated heterocycles. The fourth-order valence-electron chi connectivity index (χ4n) is 3.13. The molecule has 0 radical (unpaired) electrons. The van der Waals surface area contributed by atoms with Gasteiger partial charge in [-0.05, 0) is 43.4 Å². The summed E-state index contributed by atoms with van der Waals surface area (Å²) in [7, 11) is 0. The van der Waals surface area contributed by atoms with Gasteiger partial charge in [0.1, 0.15) is 6.04 Å². The molecule has 31 heavy (non-hydrogen) atoms. The molecular weight excluding hydrogens is 416 g/mol. The van der Waals surface area contributed by atoms with E-state index in [1.807, 2.05) is 30.3 Å². The molecule has 3 rings (SSSR count). The Bertz CT molecular complexity index is 940. The van der Waals surface area contributed by atoms with Crippen molar-refractivity contribution in [2.75, 3.05) is 5.75 Å². The number of benzene rings is 2. The Labute approximate surface area is 184 Å². The molecule has 162 valence electrons. The minimum absolute atomic E-state index is 0.100. The van der Waals surface area contributed by atoms with Gasteiger partial charge in [0.2, 0.25) is 0 Å². The van der Waals surface area contributed by atoms with E-state index in [4.69, 9.17) is 0 Å². The molecule has 1 saturated carbocycles. The van der Waals surface area contributed by atoms with Crippen LogP contribution in [-0.2, 0) is 10.5 Å². The maximum atomic E-state index is 12.7. The largest absolute Gasteiger partial charge is 0.339 e. The predicted octanol–water partition coefficient (Wildman–Crippen LogP) is 3.67. The number of nitrogens with one attached hydrogen (secondary N) is 2. The highest BCUT2D eigenvalue weighted by Crippen LogP contribution is 2.16. The van der Waals surface area contributed by atoms with Crippen molar-refractivity contribution >= 4 is 35.0 Å². The number of amides is 2. The first-order chi connectivity index (χ1) is 15.0. The summed E-state index contributed by atoms with van der Waals surface area (Å²) in [5, 5.41) is 17.7. The lowest BCUT2D eigenvalue weighted by Crippen LogP contribution is -2.47. The van der Waals surface area contributed by atoms with Crippen LogP contribution in [0, 0.1) is 10.1 Å². The number of nitro benzene ring substituents is 1. The van der Waals surface area contributed by atoms with Crippen LogP contribution in [0.1, 0.15) is 41.6 Å². The van der Waals surface area contributed by atoms with Crippen LogP contribution in [0.2, 0.25) is 0 Å². The van der Waals surface area contributed by atoms with E-state index in [-0.39, 0.29) is 17.2 Å². The molecule has 1 aliphatic rings. The predicted molar refractivity (Wildman–Crippen MR) is 121 cm³/mol. The van der Waals surface area contributed by atoms with Crippen LogP contribution >= 0.6 is 11.8 Å². The Morgan fingerprint density at radius 2 is 1.74 bits per heavy atom. The number of carbonyl (C=O) groups is 2. The van der Waals surface area contributed by atoms with E-state index in [1.54, 1.807) is 0 Å². The van der Waals surface area contributed by atoms with Gasteiger partial charge in [-0.2, -0.15) is 16.9 Å². The number of nitrogens with zero attached hydrogens (tertiary/aromatic N) is 2. The van der Waals surface area contributed by atoms with E-state index in [2.05, 4.69) is 15.8 Å². The molecule has 0 bridgehead atoms. The molecule has 0 aliphatic heterocycles. The van der Waals surface area contributed by atoms with Gasteiger partial charge in [0.05, 0.1) is 4.92 Å². The molecule has 0 aromatic heterocycles. The van der Waals surface area contributed by atoms with Crippen molar-refractivity contribution in [2.45, 2.75) is 37.5 Å². The van der Waals surface area contributed by atoms with Crippen molar-refractivity contribution in [3.05, 3.63) is 75.8 Å². The smallest absolute Gasteiger partial charge is 0.269 e. The molecular formula is C22H24N4O4S. The van der Waals surface area contributed by atoms with Crippen LogP contribution in [0.15, 0.2) is 59.7 Å². The van der Waals surface area contributed by atoms with Gasteiger partial charge in [0, 0.05) is 34.9 Å². The summed E-state index contributed by atoms with van der Waals surface area (Å²) in [6.07, 6.45) is 3.90. The molecule has 2 N–H and O–H groups in total. The molecule has 2 aromatic rings. The highest BCUT2D eigenvalue weighted by atomic mass is 32.2. The van der Waals surface area contributed by atoms with Crippen molar-refractivity contribution in [1.82, 2.24) is 10.7 Å². The summed E-state index contributed by atoms with van der Waals surface area (Å²) >= 11 is 1.53. The minimum Gasteiger partial charge on any atom is -0.339 e. The topological polar surface area (TPSA) is 114 Å². The van der Waals surface area contributed by atoms with E-state index in [9.17, 15) is 19.7 Å². The molecule has 1 atom stereocenters. The van der Waals surface area contributed by atoms with Gasteiger partial charge in [-0.25, -0.2) is 5.43 Å². The molecule has 9 heteroatoms. The van der Waals surface area contributed by atoms with Gasteiger partial charge >= 0.3 is 0 Å². The van der Waals surface area contributed by atoms with Gasteiger partial charge < -0.3 is 5.32 Å². The monoisotopic (exact) mass is 440 g/mol. The summed E-state index contributed by atoms with van der Waals surface area (Å²) < 4.78 is 0. The number of nitro groups is 1. The second kappa shape index (κ2) is 11.3. The quantitative estimate of drug-likeness (QED) is 0.456. The SMILES string of the molecule is O=C(NC(CSCc1ccccc1)C(=O)NN=C1CCCC1)c1ccc([N+](=O)[O-])cc1. The first kappa shape index (κ1) is 22.5. The highest BCUT2D eigenvalue weighted by Gasteiger charge is 2.22. The van der Waals surface area contributed by atoms with E-state index in [0.29, 0.717) is 11.5 Å². The normalized spacial score (nSPS) is 14.0. The third-order valence-electron chi connectivity index (χ3n) is 4.86. The zero-order valence-electron chi connectivity index (χ0n) is 17.0.